The molecule has 2 fully saturated rings. The Morgan fingerprint density at radius 2 is 2.12 bits per heavy atom. The maximum atomic E-state index is 12.8. The molecular formula is C19H24N2O4. The minimum Gasteiger partial charge on any atom is -0.381 e. The fourth-order valence-electron chi connectivity index (χ4n) is 4.38. The summed E-state index contributed by atoms with van der Waals surface area (Å²) in [5.41, 5.74) is 2.90. The molecule has 4 rings (SSSR count). The third-order valence-corrected chi connectivity index (χ3v) is 5.88. The number of amides is 2. The largest absolute Gasteiger partial charge is 0.381 e. The van der Waals surface area contributed by atoms with Crippen LogP contribution in [-0.2, 0) is 38.7 Å². The number of ether oxygens (including phenoxy) is 2. The van der Waals surface area contributed by atoms with E-state index in [1.54, 1.807) is 7.05 Å². The van der Waals surface area contributed by atoms with Gasteiger partial charge in [0, 0.05) is 32.7 Å². The predicted molar refractivity (Wildman–Crippen MR) is 90.6 cm³/mol. The summed E-state index contributed by atoms with van der Waals surface area (Å²) in [6, 6.07) is 6.13. The number of carbonyl (C=O) groups excluding carboxylic acids is 2. The average Bonchev–Trinajstić information content (AvgIpc) is 3.25. The van der Waals surface area contributed by atoms with Gasteiger partial charge in [0.05, 0.1) is 31.7 Å². The van der Waals surface area contributed by atoms with Crippen molar-refractivity contribution in [3.8, 4) is 0 Å². The Kier molecular flexibility index (Phi) is 4.25. The monoisotopic (exact) mass is 344 g/mol. The van der Waals surface area contributed by atoms with Crippen LogP contribution in [0.15, 0.2) is 18.2 Å². The molecule has 0 aliphatic carbocycles. The second kappa shape index (κ2) is 6.42. The number of likely N-dealkylation sites (tertiary alicyclic amines) is 1. The lowest BCUT2D eigenvalue weighted by molar-refractivity contribution is -0.139. The van der Waals surface area contributed by atoms with Gasteiger partial charge in [0.15, 0.2) is 0 Å². The Labute approximate surface area is 147 Å². The highest BCUT2D eigenvalue weighted by Gasteiger charge is 2.54. The molecule has 0 aromatic heterocycles. The lowest BCUT2D eigenvalue weighted by Gasteiger charge is -2.36. The first-order valence-corrected chi connectivity index (χ1v) is 8.88. The highest BCUT2D eigenvalue weighted by Crippen LogP contribution is 2.42. The normalized spacial score (nSPS) is 27.7. The van der Waals surface area contributed by atoms with E-state index in [1.165, 1.54) is 11.1 Å². The van der Waals surface area contributed by atoms with Crippen molar-refractivity contribution < 1.29 is 19.1 Å². The van der Waals surface area contributed by atoms with Crippen LogP contribution in [0, 0.1) is 11.3 Å². The summed E-state index contributed by atoms with van der Waals surface area (Å²) in [5, 5.41) is 2.79. The van der Waals surface area contributed by atoms with E-state index in [9.17, 15) is 9.59 Å². The van der Waals surface area contributed by atoms with Crippen molar-refractivity contribution in [2.75, 3.05) is 33.4 Å². The topological polar surface area (TPSA) is 67.9 Å². The molecule has 3 aliphatic heterocycles. The fourth-order valence-corrected chi connectivity index (χ4v) is 4.38. The maximum absolute atomic E-state index is 12.8. The second-order valence-corrected chi connectivity index (χ2v) is 7.30. The fraction of sp³-hybridized carbons (Fsp3) is 0.579. The van der Waals surface area contributed by atoms with Crippen LogP contribution in [0.1, 0.15) is 23.1 Å². The molecule has 0 saturated carbocycles. The molecule has 0 spiro atoms. The number of rotatable bonds is 3. The van der Waals surface area contributed by atoms with Gasteiger partial charge < -0.3 is 19.7 Å². The minimum absolute atomic E-state index is 0.0331. The van der Waals surface area contributed by atoms with E-state index < -0.39 is 5.41 Å². The van der Waals surface area contributed by atoms with Gasteiger partial charge in [-0.05, 0) is 23.1 Å². The third kappa shape index (κ3) is 2.83. The van der Waals surface area contributed by atoms with Crippen molar-refractivity contribution in [3.05, 3.63) is 34.9 Å². The quantitative estimate of drug-likeness (QED) is 0.884. The molecule has 6 nitrogen and oxygen atoms in total. The first-order valence-electron chi connectivity index (χ1n) is 8.88. The zero-order chi connectivity index (χ0) is 17.4. The van der Waals surface area contributed by atoms with Crippen molar-refractivity contribution >= 4 is 11.8 Å². The molecule has 2 atom stereocenters. The molecule has 134 valence electrons. The summed E-state index contributed by atoms with van der Waals surface area (Å²) in [6.45, 7) is 3.50. The first kappa shape index (κ1) is 16.5. The van der Waals surface area contributed by atoms with Gasteiger partial charge in [0.1, 0.15) is 0 Å². The average molecular weight is 344 g/mol. The second-order valence-electron chi connectivity index (χ2n) is 7.30. The van der Waals surface area contributed by atoms with E-state index in [-0.39, 0.29) is 17.7 Å². The number of fused-ring (bicyclic) bond motifs is 2. The van der Waals surface area contributed by atoms with Crippen molar-refractivity contribution in [1.29, 1.82) is 0 Å². The van der Waals surface area contributed by atoms with Crippen LogP contribution in [0.4, 0.5) is 0 Å². The molecule has 2 saturated heterocycles. The van der Waals surface area contributed by atoms with Gasteiger partial charge in [0.25, 0.3) is 0 Å². The molecule has 25 heavy (non-hydrogen) atoms. The Hall–Kier alpha value is -1.92. The number of nitrogens with zero attached hydrogens (tertiary/aromatic N) is 1. The summed E-state index contributed by atoms with van der Waals surface area (Å²) in [5.74, 6) is 0.195. The number of hydrogen-bond acceptors (Lipinski definition) is 4. The zero-order valence-corrected chi connectivity index (χ0v) is 14.5. The smallest absolute Gasteiger partial charge is 0.228 e. The Morgan fingerprint density at radius 3 is 2.96 bits per heavy atom. The van der Waals surface area contributed by atoms with Crippen molar-refractivity contribution in [2.24, 2.45) is 11.3 Å². The summed E-state index contributed by atoms with van der Waals surface area (Å²) in [7, 11) is 1.67. The Bertz CT molecular complexity index is 705. The SMILES string of the molecule is CNC(=O)[C@]12CCOC[C@H]1CN(C(=O)Cc1ccc3c(c1)COC3)C2. The van der Waals surface area contributed by atoms with Gasteiger partial charge in [-0.2, -0.15) is 0 Å². The van der Waals surface area contributed by atoms with Crippen molar-refractivity contribution in [1.82, 2.24) is 10.2 Å². The summed E-state index contributed by atoms with van der Waals surface area (Å²) in [6.07, 6.45) is 1.04. The molecular weight excluding hydrogens is 320 g/mol. The standard InChI is InChI=1S/C19H24N2O4/c1-20-18(23)19-4-5-24-11-16(19)8-21(12-19)17(22)7-13-2-3-14-9-25-10-15(14)6-13/h2-3,6,16H,4-5,7-12H2,1H3,(H,20,23)/t16-,19+/m1/s1. The van der Waals surface area contributed by atoms with Gasteiger partial charge in [-0.15, -0.1) is 0 Å². The maximum Gasteiger partial charge on any atom is 0.228 e. The van der Waals surface area contributed by atoms with Crippen LogP contribution in [0.3, 0.4) is 0 Å². The molecule has 3 aliphatic rings. The summed E-state index contributed by atoms with van der Waals surface area (Å²) < 4.78 is 11.0. The molecule has 3 heterocycles. The van der Waals surface area contributed by atoms with Crippen LogP contribution in [0.2, 0.25) is 0 Å². The third-order valence-electron chi connectivity index (χ3n) is 5.88. The highest BCUT2D eigenvalue weighted by molar-refractivity contribution is 5.86. The van der Waals surface area contributed by atoms with E-state index in [1.807, 2.05) is 11.0 Å². The molecule has 0 unspecified atom stereocenters. The van der Waals surface area contributed by atoms with Gasteiger partial charge in [-0.25, -0.2) is 0 Å². The van der Waals surface area contributed by atoms with Gasteiger partial charge in [-0.1, -0.05) is 18.2 Å². The van der Waals surface area contributed by atoms with Crippen LogP contribution in [-0.4, -0.2) is 50.1 Å². The van der Waals surface area contributed by atoms with Crippen LogP contribution in [0.25, 0.3) is 0 Å². The molecule has 0 radical (unpaired) electrons. The van der Waals surface area contributed by atoms with Crippen molar-refractivity contribution in [3.63, 3.8) is 0 Å². The van der Waals surface area contributed by atoms with Gasteiger partial charge >= 0.3 is 0 Å². The molecule has 6 heteroatoms. The van der Waals surface area contributed by atoms with Crippen LogP contribution < -0.4 is 5.32 Å². The van der Waals surface area contributed by atoms with Crippen LogP contribution in [0.5, 0.6) is 0 Å². The van der Waals surface area contributed by atoms with Gasteiger partial charge in [0.2, 0.25) is 11.8 Å². The summed E-state index contributed by atoms with van der Waals surface area (Å²) in [4.78, 5) is 27.2. The van der Waals surface area contributed by atoms with E-state index in [4.69, 9.17) is 9.47 Å². The minimum atomic E-state index is -0.492. The van der Waals surface area contributed by atoms with E-state index in [0.717, 1.165) is 5.56 Å². The Balaban J connectivity index is 1.48. The number of nitrogens with one attached hydrogen (secondary N) is 1. The highest BCUT2D eigenvalue weighted by atomic mass is 16.5. The predicted octanol–water partition coefficient (Wildman–Crippen LogP) is 0.870. The lowest BCUT2D eigenvalue weighted by Crippen LogP contribution is -2.49. The number of hydrogen-bond donors (Lipinski definition) is 1. The summed E-state index contributed by atoms with van der Waals surface area (Å²) >= 11 is 0. The number of benzene rings is 1. The zero-order valence-electron chi connectivity index (χ0n) is 14.5. The molecule has 1 N–H and O–H groups in total. The molecule has 2 amide bonds. The van der Waals surface area contributed by atoms with E-state index in [0.29, 0.717) is 52.4 Å². The van der Waals surface area contributed by atoms with E-state index >= 15 is 0 Å². The Morgan fingerprint density at radius 1 is 1.28 bits per heavy atom. The molecule has 1 aromatic rings. The molecule has 1 aromatic carbocycles. The van der Waals surface area contributed by atoms with Gasteiger partial charge in [-0.3, -0.25) is 9.59 Å². The first-order chi connectivity index (χ1) is 12.1. The lowest BCUT2D eigenvalue weighted by atomic mass is 9.73. The van der Waals surface area contributed by atoms with Crippen molar-refractivity contribution in [2.45, 2.75) is 26.1 Å². The molecule has 0 bridgehead atoms. The number of carbonyl (C=O) groups is 2. The van der Waals surface area contributed by atoms with E-state index in [2.05, 4.69) is 17.4 Å². The van der Waals surface area contributed by atoms with Crippen LogP contribution >= 0.6 is 0 Å².